The second-order valence-electron chi connectivity index (χ2n) is 2.48. The molecule has 0 saturated carbocycles. The fourth-order valence-electron chi connectivity index (χ4n) is 0.690. The largest absolute Gasteiger partial charge is 0.445 e. The van der Waals surface area contributed by atoms with Gasteiger partial charge in [0.2, 0.25) is 10.1 Å². The zero-order valence-corrected chi connectivity index (χ0v) is 9.21. The maximum absolute atomic E-state index is 12.1. The van der Waals surface area contributed by atoms with E-state index in [0.29, 0.717) is 0 Å². The molecule has 0 bridgehead atoms. The van der Waals surface area contributed by atoms with E-state index in [1.54, 1.807) is 0 Å². The summed E-state index contributed by atoms with van der Waals surface area (Å²) >= 11 is 5.55. The van der Waals surface area contributed by atoms with Crippen molar-refractivity contribution >= 4 is 34.1 Å². The van der Waals surface area contributed by atoms with Crippen LogP contribution >= 0.6 is 22.9 Å². The molecule has 5 nitrogen and oxygen atoms in total. The minimum atomic E-state index is -4.55. The highest BCUT2D eigenvalue weighted by Crippen LogP contribution is 2.32. The van der Waals surface area contributed by atoms with Crippen LogP contribution in [0.15, 0.2) is 0 Å². The Morgan fingerprint density at radius 1 is 1.44 bits per heavy atom. The fourth-order valence-corrected chi connectivity index (χ4v) is 1.39. The van der Waals surface area contributed by atoms with Crippen molar-refractivity contribution in [2.75, 3.05) is 17.7 Å². The van der Waals surface area contributed by atoms with E-state index in [9.17, 15) is 18.0 Å². The van der Waals surface area contributed by atoms with Gasteiger partial charge in [-0.25, -0.2) is 4.79 Å². The third kappa shape index (κ3) is 3.81. The van der Waals surface area contributed by atoms with E-state index in [1.807, 2.05) is 0 Å². The first-order valence-electron chi connectivity index (χ1n) is 3.95. The van der Waals surface area contributed by atoms with Gasteiger partial charge in [0.05, 0.1) is 0 Å². The Labute approximate surface area is 97.0 Å². The highest BCUT2D eigenvalue weighted by atomic mass is 35.5. The summed E-state index contributed by atoms with van der Waals surface area (Å²) in [6, 6.07) is -0.675. The van der Waals surface area contributed by atoms with Gasteiger partial charge in [0.25, 0.3) is 0 Å². The van der Waals surface area contributed by atoms with Crippen LogP contribution in [-0.4, -0.2) is 28.7 Å². The molecule has 1 heterocycles. The van der Waals surface area contributed by atoms with Crippen LogP contribution in [0.2, 0.25) is 0 Å². The molecular weight excluding hydrogens is 269 g/mol. The number of aromatic nitrogens is 2. The summed E-state index contributed by atoms with van der Waals surface area (Å²) in [5.74, 6) is 0.206. The lowest BCUT2D eigenvalue weighted by atomic mass is 10.7. The summed E-state index contributed by atoms with van der Waals surface area (Å²) < 4.78 is 36.3. The number of rotatable bonds is 3. The van der Waals surface area contributed by atoms with Crippen LogP contribution in [0.3, 0.4) is 0 Å². The van der Waals surface area contributed by atoms with Crippen LogP contribution in [-0.2, 0) is 6.18 Å². The number of hydrogen-bond donors (Lipinski definition) is 2. The maximum atomic E-state index is 12.1. The molecular formula is C6H6ClF3N4OS. The minimum absolute atomic E-state index is 0.206. The molecule has 0 spiro atoms. The van der Waals surface area contributed by atoms with Gasteiger partial charge in [-0.05, 0) is 0 Å². The van der Waals surface area contributed by atoms with Crippen molar-refractivity contribution in [3.8, 4) is 0 Å². The summed E-state index contributed by atoms with van der Waals surface area (Å²) in [4.78, 5) is 11.0. The second-order valence-corrected chi connectivity index (χ2v) is 3.84. The van der Waals surface area contributed by atoms with Crippen LogP contribution in [0, 0.1) is 0 Å². The van der Waals surface area contributed by atoms with Crippen molar-refractivity contribution in [2.24, 2.45) is 0 Å². The first-order chi connectivity index (χ1) is 7.43. The molecule has 1 aromatic rings. The third-order valence-electron chi connectivity index (χ3n) is 1.27. The van der Waals surface area contributed by atoms with Crippen LogP contribution < -0.4 is 10.6 Å². The SMILES string of the molecule is O=C(NCCCl)Nc1nnc(C(F)(F)F)s1. The van der Waals surface area contributed by atoms with E-state index in [0.717, 1.165) is 0 Å². The monoisotopic (exact) mass is 274 g/mol. The molecule has 0 aliphatic heterocycles. The van der Waals surface area contributed by atoms with E-state index in [1.165, 1.54) is 0 Å². The maximum Gasteiger partial charge on any atom is 0.445 e. The van der Waals surface area contributed by atoms with Gasteiger partial charge in [0.1, 0.15) is 0 Å². The number of nitrogens with one attached hydrogen (secondary N) is 2. The van der Waals surface area contributed by atoms with E-state index in [4.69, 9.17) is 11.6 Å². The Morgan fingerprint density at radius 3 is 2.62 bits per heavy atom. The molecule has 0 saturated heterocycles. The third-order valence-corrected chi connectivity index (χ3v) is 2.34. The fraction of sp³-hybridized carbons (Fsp3) is 0.500. The number of alkyl halides is 4. The van der Waals surface area contributed by atoms with Crippen LogP contribution in [0.25, 0.3) is 0 Å². The molecule has 90 valence electrons. The predicted octanol–water partition coefficient (Wildman–Crippen LogP) is 1.92. The molecule has 1 rings (SSSR count). The summed E-state index contributed by atoms with van der Waals surface area (Å²) in [6.45, 7) is 0.207. The number of carbonyl (C=O) groups is 1. The average Bonchev–Trinajstić information content (AvgIpc) is 2.62. The molecule has 2 amide bonds. The van der Waals surface area contributed by atoms with E-state index >= 15 is 0 Å². The lowest BCUT2D eigenvalue weighted by molar-refractivity contribution is -0.138. The van der Waals surface area contributed by atoms with Crippen molar-refractivity contribution in [1.82, 2.24) is 15.5 Å². The standard InChI is InChI=1S/C6H6ClF3N4OS/c7-1-2-11-4(15)12-5-14-13-3(16-5)6(8,9)10/h1-2H2,(H2,11,12,14,15). The smallest absolute Gasteiger partial charge is 0.337 e. The molecule has 1 aromatic heterocycles. The number of amides is 2. The quantitative estimate of drug-likeness (QED) is 0.828. The molecule has 16 heavy (non-hydrogen) atoms. The Balaban J connectivity index is 2.56. The van der Waals surface area contributed by atoms with Crippen LogP contribution in [0.1, 0.15) is 5.01 Å². The Kier molecular flexibility index (Phi) is 4.30. The van der Waals surface area contributed by atoms with Crippen LogP contribution in [0.4, 0.5) is 23.1 Å². The zero-order valence-electron chi connectivity index (χ0n) is 7.64. The second kappa shape index (κ2) is 5.30. The molecule has 0 fully saturated rings. The van der Waals surface area contributed by atoms with Gasteiger partial charge < -0.3 is 5.32 Å². The van der Waals surface area contributed by atoms with Gasteiger partial charge >= 0.3 is 12.2 Å². The summed E-state index contributed by atoms with van der Waals surface area (Å²) in [5.41, 5.74) is 0. The van der Waals surface area contributed by atoms with Crippen molar-refractivity contribution in [3.63, 3.8) is 0 Å². The number of halogens is 4. The van der Waals surface area contributed by atoms with Crippen molar-refractivity contribution in [2.45, 2.75) is 6.18 Å². The Morgan fingerprint density at radius 2 is 2.12 bits per heavy atom. The Hall–Kier alpha value is -1.09. The zero-order chi connectivity index (χ0) is 12.2. The number of carbonyl (C=O) groups excluding carboxylic acids is 1. The van der Waals surface area contributed by atoms with Crippen molar-refractivity contribution in [1.29, 1.82) is 0 Å². The predicted molar refractivity (Wildman–Crippen MR) is 52.7 cm³/mol. The van der Waals surface area contributed by atoms with E-state index < -0.39 is 17.2 Å². The van der Waals surface area contributed by atoms with Gasteiger partial charge in [-0.1, -0.05) is 11.3 Å². The molecule has 2 N–H and O–H groups in total. The molecule has 0 atom stereocenters. The Bertz CT molecular complexity index is 369. The number of hydrogen-bond acceptors (Lipinski definition) is 4. The first-order valence-corrected chi connectivity index (χ1v) is 5.30. The van der Waals surface area contributed by atoms with Gasteiger partial charge in [0.15, 0.2) is 0 Å². The molecule has 0 aliphatic rings. The average molecular weight is 275 g/mol. The van der Waals surface area contributed by atoms with Gasteiger partial charge in [-0.15, -0.1) is 21.8 Å². The summed E-state index contributed by atoms with van der Waals surface area (Å²) in [5, 5.41) is 9.15. The molecule has 0 unspecified atom stereocenters. The minimum Gasteiger partial charge on any atom is -0.337 e. The summed E-state index contributed by atoms with van der Waals surface area (Å²) in [6.07, 6.45) is -4.55. The lowest BCUT2D eigenvalue weighted by Gasteiger charge is -2.01. The van der Waals surface area contributed by atoms with E-state index in [-0.39, 0.29) is 28.9 Å². The number of anilines is 1. The van der Waals surface area contributed by atoms with E-state index in [2.05, 4.69) is 20.8 Å². The topological polar surface area (TPSA) is 66.9 Å². The van der Waals surface area contributed by atoms with Gasteiger partial charge in [0, 0.05) is 12.4 Å². The lowest BCUT2D eigenvalue weighted by Crippen LogP contribution is -2.30. The summed E-state index contributed by atoms with van der Waals surface area (Å²) in [7, 11) is 0. The normalized spacial score (nSPS) is 11.2. The first kappa shape index (κ1) is 13.0. The number of nitrogens with zero attached hydrogens (tertiary/aromatic N) is 2. The number of urea groups is 1. The van der Waals surface area contributed by atoms with Crippen molar-refractivity contribution < 1.29 is 18.0 Å². The highest BCUT2D eigenvalue weighted by molar-refractivity contribution is 7.15. The van der Waals surface area contributed by atoms with Gasteiger partial charge in [-0.2, -0.15) is 13.2 Å². The highest BCUT2D eigenvalue weighted by Gasteiger charge is 2.35. The molecule has 10 heteroatoms. The van der Waals surface area contributed by atoms with Crippen LogP contribution in [0.5, 0.6) is 0 Å². The van der Waals surface area contributed by atoms with Gasteiger partial charge in [-0.3, -0.25) is 5.32 Å². The van der Waals surface area contributed by atoms with Crippen molar-refractivity contribution in [3.05, 3.63) is 5.01 Å². The molecule has 0 aliphatic carbocycles. The molecule has 0 aromatic carbocycles. The molecule has 0 radical (unpaired) electrons.